The first-order valence-electron chi connectivity index (χ1n) is 5.81. The van der Waals surface area contributed by atoms with Crippen molar-refractivity contribution in [1.29, 1.82) is 0 Å². The molecular weight excluding hydrogens is 294 g/mol. The molecule has 3 rings (SSSR count). The molecule has 20 heavy (non-hydrogen) atoms. The predicted molar refractivity (Wildman–Crippen MR) is 80.5 cm³/mol. The Labute approximate surface area is 126 Å². The van der Waals surface area contributed by atoms with Gasteiger partial charge in [-0.2, -0.15) is 0 Å². The lowest BCUT2D eigenvalue weighted by molar-refractivity contribution is 0.102. The molecule has 0 N–H and O–H groups in total. The maximum atomic E-state index is 12.6. The van der Waals surface area contributed by atoms with E-state index < -0.39 is 0 Å². The topological polar surface area (TPSA) is 34.4 Å². The van der Waals surface area contributed by atoms with E-state index >= 15 is 0 Å². The number of halogens is 2. The monoisotopic (exact) mass is 300 g/mol. The standard InChI is InChI=1S/C14H7BCl2N2O/c15-13-10-6-1-2-7-19(10)14(18-13)12(20)8-4-3-5-9(16)11(8)17/h1-7H. The van der Waals surface area contributed by atoms with E-state index in [0.29, 0.717) is 21.7 Å². The third-order valence-corrected chi connectivity index (χ3v) is 3.80. The van der Waals surface area contributed by atoms with Crippen LogP contribution in [0, 0.1) is 0 Å². The summed E-state index contributed by atoms with van der Waals surface area (Å²) in [5.74, 6) is -0.113. The normalized spacial score (nSPS) is 10.9. The van der Waals surface area contributed by atoms with E-state index in [4.69, 9.17) is 31.0 Å². The molecule has 0 saturated heterocycles. The van der Waals surface area contributed by atoms with Gasteiger partial charge < -0.3 is 0 Å². The minimum atomic E-state index is -0.324. The van der Waals surface area contributed by atoms with Crippen LogP contribution in [0.5, 0.6) is 0 Å². The zero-order chi connectivity index (χ0) is 14.3. The van der Waals surface area contributed by atoms with Gasteiger partial charge in [-0.25, -0.2) is 4.98 Å². The first-order valence-corrected chi connectivity index (χ1v) is 6.56. The fourth-order valence-corrected chi connectivity index (χ4v) is 2.41. The molecule has 0 aliphatic heterocycles. The predicted octanol–water partition coefficient (Wildman–Crippen LogP) is 2.67. The number of hydrogen-bond acceptors (Lipinski definition) is 2. The molecule has 2 aromatic heterocycles. The Balaban J connectivity index is 2.21. The number of fused-ring (bicyclic) bond motifs is 1. The van der Waals surface area contributed by atoms with Crippen molar-refractivity contribution in [2.75, 3.05) is 0 Å². The van der Waals surface area contributed by atoms with Crippen molar-refractivity contribution in [1.82, 2.24) is 9.38 Å². The molecule has 0 fully saturated rings. The zero-order valence-electron chi connectivity index (χ0n) is 10.2. The molecule has 0 bridgehead atoms. The second-order valence-corrected chi connectivity index (χ2v) is 4.99. The number of carbonyl (C=O) groups excluding carboxylic acids is 1. The SMILES string of the molecule is [B]c1nc(C(=O)c2cccc(Cl)c2Cl)n2ccccc12. The van der Waals surface area contributed by atoms with Gasteiger partial charge >= 0.3 is 0 Å². The van der Waals surface area contributed by atoms with E-state index in [1.807, 2.05) is 6.07 Å². The molecule has 0 spiro atoms. The first-order chi connectivity index (χ1) is 9.59. The average molecular weight is 301 g/mol. The van der Waals surface area contributed by atoms with Crippen LogP contribution in [0.25, 0.3) is 5.52 Å². The summed E-state index contributed by atoms with van der Waals surface area (Å²) in [5, 5.41) is 0.539. The number of ketones is 1. The van der Waals surface area contributed by atoms with Gasteiger partial charge in [-0.3, -0.25) is 9.20 Å². The van der Waals surface area contributed by atoms with E-state index in [1.54, 1.807) is 40.9 Å². The van der Waals surface area contributed by atoms with Crippen LogP contribution in [0.2, 0.25) is 10.0 Å². The fraction of sp³-hybridized carbons (Fsp3) is 0. The summed E-state index contributed by atoms with van der Waals surface area (Å²) in [7, 11) is 5.82. The van der Waals surface area contributed by atoms with Gasteiger partial charge in [0.15, 0.2) is 5.82 Å². The second-order valence-electron chi connectivity index (χ2n) is 4.21. The molecule has 2 heterocycles. The Morgan fingerprint density at radius 1 is 1.15 bits per heavy atom. The van der Waals surface area contributed by atoms with Crippen LogP contribution >= 0.6 is 23.2 Å². The van der Waals surface area contributed by atoms with Crippen molar-refractivity contribution < 1.29 is 4.79 Å². The first kappa shape index (κ1) is 13.2. The van der Waals surface area contributed by atoms with Crippen LogP contribution in [0.3, 0.4) is 0 Å². The molecule has 0 aliphatic carbocycles. The van der Waals surface area contributed by atoms with Gasteiger partial charge in [0.05, 0.1) is 15.6 Å². The lowest BCUT2D eigenvalue weighted by Gasteiger charge is -2.04. The fourth-order valence-electron chi connectivity index (χ4n) is 2.02. The maximum absolute atomic E-state index is 12.6. The molecule has 0 amide bonds. The summed E-state index contributed by atoms with van der Waals surface area (Å²) in [6.45, 7) is 0. The van der Waals surface area contributed by atoms with Gasteiger partial charge in [0.2, 0.25) is 5.78 Å². The highest BCUT2D eigenvalue weighted by atomic mass is 35.5. The van der Waals surface area contributed by atoms with Crippen LogP contribution < -0.4 is 5.59 Å². The number of benzene rings is 1. The second kappa shape index (κ2) is 4.96. The summed E-state index contributed by atoms with van der Waals surface area (Å²) < 4.78 is 1.63. The van der Waals surface area contributed by atoms with Crippen molar-refractivity contribution >= 4 is 47.9 Å². The smallest absolute Gasteiger partial charge is 0.230 e. The van der Waals surface area contributed by atoms with E-state index in [-0.39, 0.29) is 16.6 Å². The lowest BCUT2D eigenvalue weighted by atomic mass is 10.0. The zero-order valence-corrected chi connectivity index (χ0v) is 11.7. The van der Waals surface area contributed by atoms with E-state index in [2.05, 4.69) is 4.98 Å². The van der Waals surface area contributed by atoms with Gasteiger partial charge in [-0.15, -0.1) is 0 Å². The Hall–Kier alpha value is -1.78. The number of carbonyl (C=O) groups is 1. The minimum absolute atomic E-state index is 0.210. The molecule has 3 nitrogen and oxygen atoms in total. The van der Waals surface area contributed by atoms with Crippen LogP contribution in [-0.2, 0) is 0 Å². The van der Waals surface area contributed by atoms with Crippen molar-refractivity contribution in [2.24, 2.45) is 0 Å². The lowest BCUT2D eigenvalue weighted by Crippen LogP contribution is -2.09. The molecule has 0 aliphatic rings. The average Bonchev–Trinajstić information content (AvgIpc) is 2.79. The van der Waals surface area contributed by atoms with Crippen molar-refractivity contribution in [3.8, 4) is 0 Å². The summed E-state index contributed by atoms with van der Waals surface area (Å²) in [5.41, 5.74) is 1.27. The number of rotatable bonds is 2. The van der Waals surface area contributed by atoms with E-state index in [1.165, 1.54) is 0 Å². The number of imidazole rings is 1. The van der Waals surface area contributed by atoms with Crippen LogP contribution in [-0.4, -0.2) is 23.0 Å². The number of hydrogen-bond donors (Lipinski definition) is 0. The summed E-state index contributed by atoms with van der Waals surface area (Å²) in [6.07, 6.45) is 1.73. The maximum Gasteiger partial charge on any atom is 0.230 e. The molecule has 1 aromatic carbocycles. The van der Waals surface area contributed by atoms with Crippen molar-refractivity contribution in [3.63, 3.8) is 0 Å². The largest absolute Gasteiger partial charge is 0.298 e. The van der Waals surface area contributed by atoms with Crippen LogP contribution in [0.4, 0.5) is 0 Å². The Bertz CT molecular complexity index is 829. The number of aromatic nitrogens is 2. The molecule has 3 aromatic rings. The van der Waals surface area contributed by atoms with Crippen molar-refractivity contribution in [3.05, 3.63) is 64.0 Å². The Morgan fingerprint density at radius 2 is 1.95 bits per heavy atom. The summed E-state index contributed by atoms with van der Waals surface area (Å²) >= 11 is 12.0. The molecular formula is C14H7BCl2N2O. The van der Waals surface area contributed by atoms with Gasteiger partial charge in [-0.1, -0.05) is 35.3 Å². The highest BCUT2D eigenvalue weighted by molar-refractivity contribution is 6.44. The molecule has 0 atom stereocenters. The van der Waals surface area contributed by atoms with Crippen LogP contribution in [0.1, 0.15) is 16.2 Å². The highest BCUT2D eigenvalue weighted by Crippen LogP contribution is 2.27. The summed E-state index contributed by atoms with van der Waals surface area (Å²) in [6, 6.07) is 10.3. The molecule has 2 radical (unpaired) electrons. The molecule has 96 valence electrons. The Kier molecular flexibility index (Phi) is 3.28. The molecule has 0 unspecified atom stereocenters. The van der Waals surface area contributed by atoms with E-state index in [0.717, 1.165) is 0 Å². The minimum Gasteiger partial charge on any atom is -0.298 e. The van der Waals surface area contributed by atoms with Gasteiger partial charge in [-0.05, 0) is 24.3 Å². The van der Waals surface area contributed by atoms with Crippen molar-refractivity contribution in [2.45, 2.75) is 0 Å². The van der Waals surface area contributed by atoms with Gasteiger partial charge in [0.25, 0.3) is 0 Å². The third kappa shape index (κ3) is 2.01. The van der Waals surface area contributed by atoms with E-state index in [9.17, 15) is 4.79 Å². The van der Waals surface area contributed by atoms with Crippen LogP contribution in [0.15, 0.2) is 42.6 Å². The summed E-state index contributed by atoms with van der Waals surface area (Å²) in [4.78, 5) is 16.7. The third-order valence-electron chi connectivity index (χ3n) is 2.98. The molecule has 0 saturated carbocycles. The molecule has 6 heteroatoms. The van der Waals surface area contributed by atoms with Gasteiger partial charge in [0, 0.05) is 17.4 Å². The highest BCUT2D eigenvalue weighted by Gasteiger charge is 2.20. The quantitative estimate of drug-likeness (QED) is 0.539. The number of nitrogens with zero attached hydrogens (tertiary/aromatic N) is 2. The number of pyridine rings is 1. The van der Waals surface area contributed by atoms with Gasteiger partial charge in [0.1, 0.15) is 7.85 Å². The Morgan fingerprint density at radius 3 is 2.75 bits per heavy atom.